The highest BCUT2D eigenvalue weighted by atomic mass is 19.1. The van der Waals surface area contributed by atoms with E-state index in [1.807, 2.05) is 26.0 Å². The van der Waals surface area contributed by atoms with Crippen LogP contribution in [-0.4, -0.2) is 22.3 Å². The van der Waals surface area contributed by atoms with Gasteiger partial charge in [0.05, 0.1) is 16.9 Å². The minimum atomic E-state index is -0.523. The first-order valence-corrected chi connectivity index (χ1v) is 6.76. The monoisotopic (exact) mass is 301 g/mol. The summed E-state index contributed by atoms with van der Waals surface area (Å²) >= 11 is 0. The first-order valence-electron chi connectivity index (χ1n) is 6.76. The quantitative estimate of drug-likeness (QED) is 0.809. The third-order valence-corrected chi connectivity index (χ3v) is 3.00. The molecule has 1 atom stereocenters. The number of urea groups is 1. The zero-order chi connectivity index (χ0) is 16.1. The van der Waals surface area contributed by atoms with E-state index in [4.69, 9.17) is 5.26 Å². The van der Waals surface area contributed by atoms with Crippen LogP contribution in [0.15, 0.2) is 24.3 Å². The molecule has 3 N–H and O–H groups in total. The Morgan fingerprint density at radius 2 is 2.27 bits per heavy atom. The predicted molar refractivity (Wildman–Crippen MR) is 79.8 cm³/mol. The molecule has 0 aliphatic carbocycles. The van der Waals surface area contributed by atoms with Crippen LogP contribution >= 0.6 is 0 Å². The normalized spacial score (nSPS) is 11.5. The largest absolute Gasteiger partial charge is 0.335 e. The summed E-state index contributed by atoms with van der Waals surface area (Å²) in [6.45, 7) is 3.75. The molecule has 1 aromatic heterocycles. The lowest BCUT2D eigenvalue weighted by atomic mass is 10.2. The molecule has 0 unspecified atom stereocenters. The Bertz CT molecular complexity index is 719. The number of carbonyl (C=O) groups excluding carboxylic acids is 1. The number of rotatable bonds is 4. The van der Waals surface area contributed by atoms with Crippen LogP contribution in [-0.2, 0) is 6.42 Å². The second kappa shape index (κ2) is 6.72. The smallest absolute Gasteiger partial charge is 0.319 e. The number of aromatic nitrogens is 2. The second-order valence-corrected chi connectivity index (χ2v) is 5.05. The fourth-order valence-corrected chi connectivity index (χ4v) is 2.04. The summed E-state index contributed by atoms with van der Waals surface area (Å²) in [5.41, 5.74) is 2.15. The van der Waals surface area contributed by atoms with Crippen molar-refractivity contribution in [2.75, 3.05) is 5.32 Å². The van der Waals surface area contributed by atoms with Gasteiger partial charge in [-0.15, -0.1) is 0 Å². The summed E-state index contributed by atoms with van der Waals surface area (Å²) in [5, 5.41) is 21.2. The summed E-state index contributed by atoms with van der Waals surface area (Å²) in [4.78, 5) is 11.9. The van der Waals surface area contributed by atoms with Crippen molar-refractivity contribution in [1.29, 1.82) is 5.26 Å². The number of hydrogen-bond acceptors (Lipinski definition) is 3. The second-order valence-electron chi connectivity index (χ2n) is 5.05. The molecule has 0 saturated carbocycles. The highest BCUT2D eigenvalue weighted by molar-refractivity contribution is 5.90. The fourth-order valence-electron chi connectivity index (χ4n) is 2.04. The number of aryl methyl sites for hydroxylation is 1. The average molecular weight is 301 g/mol. The van der Waals surface area contributed by atoms with E-state index in [1.165, 1.54) is 12.1 Å². The van der Waals surface area contributed by atoms with Gasteiger partial charge in [0.2, 0.25) is 0 Å². The van der Waals surface area contributed by atoms with Gasteiger partial charge in [-0.1, -0.05) is 0 Å². The van der Waals surface area contributed by atoms with E-state index in [-0.39, 0.29) is 17.3 Å². The van der Waals surface area contributed by atoms with E-state index < -0.39 is 11.8 Å². The van der Waals surface area contributed by atoms with Crippen LogP contribution in [0.4, 0.5) is 14.9 Å². The van der Waals surface area contributed by atoms with Crippen molar-refractivity contribution >= 4 is 11.7 Å². The van der Waals surface area contributed by atoms with Crippen molar-refractivity contribution in [3.63, 3.8) is 0 Å². The van der Waals surface area contributed by atoms with Gasteiger partial charge >= 0.3 is 6.03 Å². The van der Waals surface area contributed by atoms with Crippen molar-refractivity contribution in [3.05, 3.63) is 47.0 Å². The van der Waals surface area contributed by atoms with Gasteiger partial charge in [-0.3, -0.25) is 5.10 Å². The molecule has 7 heteroatoms. The summed E-state index contributed by atoms with van der Waals surface area (Å²) in [6, 6.07) is 6.77. The number of nitrogens with one attached hydrogen (secondary N) is 3. The molecule has 2 aromatic rings. The lowest BCUT2D eigenvalue weighted by molar-refractivity contribution is 0.249. The number of hydrogen-bond donors (Lipinski definition) is 3. The van der Waals surface area contributed by atoms with Gasteiger partial charge in [0.1, 0.15) is 11.9 Å². The molecule has 2 amide bonds. The topological polar surface area (TPSA) is 93.6 Å². The SMILES string of the molecule is Cc1cc(C[C@H](C)NC(=O)Nc2ccc(F)cc2C#N)n[nH]1. The highest BCUT2D eigenvalue weighted by Gasteiger charge is 2.12. The molecule has 6 nitrogen and oxygen atoms in total. The van der Waals surface area contributed by atoms with Gasteiger partial charge in [0.25, 0.3) is 0 Å². The maximum absolute atomic E-state index is 13.0. The number of anilines is 1. The van der Waals surface area contributed by atoms with Gasteiger partial charge in [-0.2, -0.15) is 10.4 Å². The van der Waals surface area contributed by atoms with E-state index in [0.29, 0.717) is 6.42 Å². The van der Waals surface area contributed by atoms with Gasteiger partial charge in [0, 0.05) is 18.2 Å². The summed E-state index contributed by atoms with van der Waals surface area (Å²) in [6.07, 6.45) is 0.576. The molecule has 0 bridgehead atoms. The Morgan fingerprint density at radius 1 is 1.50 bits per heavy atom. The van der Waals surface area contributed by atoms with Crippen LogP contribution in [0.1, 0.15) is 23.9 Å². The van der Waals surface area contributed by atoms with E-state index in [1.54, 1.807) is 0 Å². The minimum absolute atomic E-state index is 0.0747. The summed E-state index contributed by atoms with van der Waals surface area (Å²) in [5.74, 6) is -0.523. The summed E-state index contributed by atoms with van der Waals surface area (Å²) < 4.78 is 13.0. The molecule has 114 valence electrons. The van der Waals surface area contributed by atoms with Crippen molar-refractivity contribution < 1.29 is 9.18 Å². The average Bonchev–Trinajstić information content (AvgIpc) is 2.85. The molecule has 0 spiro atoms. The molecule has 1 heterocycles. The van der Waals surface area contributed by atoms with Crippen molar-refractivity contribution in [2.24, 2.45) is 0 Å². The first kappa shape index (κ1) is 15.5. The lowest BCUT2D eigenvalue weighted by Crippen LogP contribution is -2.37. The molecule has 0 aliphatic heterocycles. The predicted octanol–water partition coefficient (Wildman–Crippen LogP) is 2.48. The van der Waals surface area contributed by atoms with Crippen LogP contribution in [0, 0.1) is 24.1 Å². The highest BCUT2D eigenvalue weighted by Crippen LogP contribution is 2.15. The number of halogens is 1. The molecule has 1 aromatic carbocycles. The van der Waals surface area contributed by atoms with Crippen LogP contribution in [0.3, 0.4) is 0 Å². The van der Waals surface area contributed by atoms with E-state index in [2.05, 4.69) is 20.8 Å². The Labute approximate surface area is 127 Å². The lowest BCUT2D eigenvalue weighted by Gasteiger charge is -2.14. The Hall–Kier alpha value is -2.88. The zero-order valence-electron chi connectivity index (χ0n) is 12.3. The van der Waals surface area contributed by atoms with Crippen LogP contribution in [0.5, 0.6) is 0 Å². The van der Waals surface area contributed by atoms with Crippen LogP contribution < -0.4 is 10.6 Å². The zero-order valence-corrected chi connectivity index (χ0v) is 12.3. The van der Waals surface area contributed by atoms with Crippen molar-refractivity contribution in [3.8, 4) is 6.07 Å². The molecule has 22 heavy (non-hydrogen) atoms. The number of nitriles is 1. The van der Waals surface area contributed by atoms with Crippen LogP contribution in [0.25, 0.3) is 0 Å². The van der Waals surface area contributed by atoms with E-state index in [0.717, 1.165) is 17.5 Å². The number of amides is 2. The van der Waals surface area contributed by atoms with Gasteiger partial charge < -0.3 is 10.6 Å². The van der Waals surface area contributed by atoms with E-state index >= 15 is 0 Å². The number of nitrogens with zero attached hydrogens (tertiary/aromatic N) is 2. The maximum Gasteiger partial charge on any atom is 0.319 e. The van der Waals surface area contributed by atoms with E-state index in [9.17, 15) is 9.18 Å². The standard InChI is InChI=1S/C15H16FN5O/c1-9(5-13-6-10(2)20-21-13)18-15(22)19-14-4-3-12(16)7-11(14)8-17/h3-4,6-7,9H,5H2,1-2H3,(H,20,21)(H2,18,19,22)/t9-/m0/s1. The van der Waals surface area contributed by atoms with Gasteiger partial charge in [0.15, 0.2) is 0 Å². The van der Waals surface area contributed by atoms with Crippen molar-refractivity contribution in [2.45, 2.75) is 26.3 Å². The third-order valence-electron chi connectivity index (χ3n) is 3.00. The molecule has 0 radical (unpaired) electrons. The Balaban J connectivity index is 1.94. The van der Waals surface area contributed by atoms with Crippen LogP contribution in [0.2, 0.25) is 0 Å². The molecule has 0 saturated heterocycles. The number of aromatic amines is 1. The molecular formula is C15H16FN5O. The van der Waals surface area contributed by atoms with Gasteiger partial charge in [-0.05, 0) is 38.1 Å². The third kappa shape index (κ3) is 4.06. The number of H-pyrrole nitrogens is 1. The minimum Gasteiger partial charge on any atom is -0.335 e. The number of benzene rings is 1. The maximum atomic E-state index is 13.0. The fraction of sp³-hybridized carbons (Fsp3) is 0.267. The molecular weight excluding hydrogens is 285 g/mol. The van der Waals surface area contributed by atoms with Gasteiger partial charge in [-0.25, -0.2) is 9.18 Å². The van der Waals surface area contributed by atoms with Crippen molar-refractivity contribution in [1.82, 2.24) is 15.5 Å². The Morgan fingerprint density at radius 3 is 2.91 bits per heavy atom. The molecule has 2 rings (SSSR count). The first-order chi connectivity index (χ1) is 10.5. The Kier molecular flexibility index (Phi) is 4.73. The molecule has 0 fully saturated rings. The molecule has 0 aliphatic rings. The summed E-state index contributed by atoms with van der Waals surface area (Å²) in [7, 11) is 0. The number of carbonyl (C=O) groups is 1.